The van der Waals surface area contributed by atoms with Gasteiger partial charge >= 0.3 is 0 Å². The highest BCUT2D eigenvalue weighted by molar-refractivity contribution is 7.32. The van der Waals surface area contributed by atoms with Crippen molar-refractivity contribution < 1.29 is 0 Å². The van der Waals surface area contributed by atoms with Gasteiger partial charge in [0.1, 0.15) is 0 Å². The van der Waals surface area contributed by atoms with Crippen LogP contribution in [0.1, 0.15) is 201 Å². The van der Waals surface area contributed by atoms with Crippen LogP contribution in [0.4, 0.5) is 17.1 Å². The van der Waals surface area contributed by atoms with Crippen molar-refractivity contribution in [2.75, 3.05) is 9.80 Å². The van der Waals surface area contributed by atoms with Crippen molar-refractivity contribution in [3.8, 4) is 11.1 Å². The Morgan fingerprint density at radius 3 is 1.81 bits per heavy atom. The molecule has 5 aromatic carbocycles. The van der Waals surface area contributed by atoms with Crippen LogP contribution in [0, 0.1) is 28.1 Å². The maximum atomic E-state index is 3.02. The first-order chi connectivity index (χ1) is 36.7. The molecule has 0 amide bonds. The van der Waals surface area contributed by atoms with E-state index in [1.807, 2.05) is 0 Å². The van der Waals surface area contributed by atoms with Crippen LogP contribution in [0.15, 0.2) is 144 Å². The topological polar surface area (TPSA) is 6.48 Å². The largest absolute Gasteiger partial charge is 0.334 e. The molecule has 1 fully saturated rings. The van der Waals surface area contributed by atoms with Crippen molar-refractivity contribution in [2.24, 2.45) is 28.1 Å². The Morgan fingerprint density at radius 1 is 0.603 bits per heavy atom. The number of hydrogen-bond donors (Lipinski definition) is 0. The molecule has 78 heavy (non-hydrogen) atoms. The normalized spacial score (nSPS) is 25.5. The number of anilines is 3. The van der Waals surface area contributed by atoms with Gasteiger partial charge in [0.2, 0.25) is 0 Å². The van der Waals surface area contributed by atoms with Crippen LogP contribution in [0.5, 0.6) is 0 Å². The van der Waals surface area contributed by atoms with Gasteiger partial charge in [-0.3, -0.25) is 0 Å². The summed E-state index contributed by atoms with van der Waals surface area (Å²) in [5.41, 5.74) is 24.7. The molecule has 5 atom stereocenters. The van der Waals surface area contributed by atoms with Gasteiger partial charge in [-0.1, -0.05) is 201 Å². The molecule has 4 unspecified atom stereocenters. The second-order valence-electron chi connectivity index (χ2n) is 30.4. The lowest BCUT2D eigenvalue weighted by Crippen LogP contribution is -2.62. The highest BCUT2D eigenvalue weighted by Gasteiger charge is 2.55. The Hall–Kier alpha value is -5.32. The molecule has 4 heteroatoms. The molecule has 0 saturated heterocycles. The van der Waals surface area contributed by atoms with E-state index in [9.17, 15) is 0 Å². The monoisotopic (exact) mass is 1050 g/mol. The fraction of sp³-hybridized carbons (Fsp3) is 0.459. The summed E-state index contributed by atoms with van der Waals surface area (Å²) in [6.07, 6.45) is 16.7. The van der Waals surface area contributed by atoms with Crippen molar-refractivity contribution in [2.45, 2.75) is 190 Å². The van der Waals surface area contributed by atoms with Gasteiger partial charge in [0, 0.05) is 43.1 Å². The molecule has 0 spiro atoms. The SMILES string of the molecule is CC1CC[C@@H](C)c2cc3sc4c(c3cc21)N(C1=CC2C(C=C1c1ccccc1)C(C)(C)CCC2(C)C)C1CC(C(C)(C)C)=CC2=C1B4c1cc3c(cc1N2c1ccc(C(C)(C)C)cc1-c1ccccc1)C(C)(C)CCC3(C)C. The number of rotatable bonds is 4. The van der Waals surface area contributed by atoms with Gasteiger partial charge in [0.15, 0.2) is 0 Å². The van der Waals surface area contributed by atoms with Gasteiger partial charge in [-0.15, -0.1) is 11.3 Å². The Labute approximate surface area is 474 Å². The maximum Gasteiger partial charge on any atom is 0.259 e. The predicted molar refractivity (Wildman–Crippen MR) is 339 cm³/mol. The third-order valence-corrected chi connectivity index (χ3v) is 22.6. The van der Waals surface area contributed by atoms with Crippen LogP contribution in [0.25, 0.3) is 26.8 Å². The van der Waals surface area contributed by atoms with Crippen molar-refractivity contribution >= 4 is 61.0 Å². The molecule has 2 nitrogen and oxygen atoms in total. The number of hydrogen-bond acceptors (Lipinski definition) is 3. The van der Waals surface area contributed by atoms with Crippen molar-refractivity contribution in [1.29, 1.82) is 0 Å². The first kappa shape index (κ1) is 52.1. The summed E-state index contributed by atoms with van der Waals surface area (Å²) in [6.45, 7) is 40.0. The molecule has 0 N–H and O–H groups in total. The molecule has 3 heterocycles. The van der Waals surface area contributed by atoms with E-state index in [0.717, 1.165) is 6.42 Å². The van der Waals surface area contributed by atoms with Crippen LogP contribution in [-0.4, -0.2) is 12.8 Å². The van der Waals surface area contributed by atoms with E-state index in [0.29, 0.717) is 23.7 Å². The summed E-state index contributed by atoms with van der Waals surface area (Å²) in [5, 5.41) is 1.47. The highest BCUT2D eigenvalue weighted by Crippen LogP contribution is 2.61. The average Bonchev–Trinajstić information content (AvgIpc) is 3.91. The molecule has 13 rings (SSSR count). The van der Waals surface area contributed by atoms with E-state index < -0.39 is 0 Å². The fourth-order valence-corrected chi connectivity index (χ4v) is 17.3. The molecular weight excluding hydrogens is 960 g/mol. The van der Waals surface area contributed by atoms with Crippen molar-refractivity contribution in [3.05, 3.63) is 177 Å². The van der Waals surface area contributed by atoms with Gasteiger partial charge in [0.05, 0.1) is 17.4 Å². The highest BCUT2D eigenvalue weighted by atomic mass is 32.1. The zero-order valence-corrected chi connectivity index (χ0v) is 51.1. The average molecular weight is 1050 g/mol. The van der Waals surface area contributed by atoms with Crippen LogP contribution < -0.4 is 20.0 Å². The molecular formula is C74H87BN2S. The molecule has 1 aromatic heterocycles. The summed E-state index contributed by atoms with van der Waals surface area (Å²) in [5.74, 6) is 1.91. The smallest absolute Gasteiger partial charge is 0.259 e. The van der Waals surface area contributed by atoms with E-state index in [2.05, 4.69) is 253 Å². The molecule has 7 aliphatic rings. The minimum absolute atomic E-state index is 0.0200. The van der Waals surface area contributed by atoms with E-state index in [-0.39, 0.29) is 45.2 Å². The van der Waals surface area contributed by atoms with E-state index in [4.69, 9.17) is 0 Å². The van der Waals surface area contributed by atoms with E-state index in [1.165, 1.54) is 126 Å². The van der Waals surface area contributed by atoms with Crippen LogP contribution >= 0.6 is 11.3 Å². The van der Waals surface area contributed by atoms with Gasteiger partial charge in [0.25, 0.3) is 6.71 Å². The van der Waals surface area contributed by atoms with Crippen LogP contribution in [-0.2, 0) is 16.2 Å². The maximum absolute atomic E-state index is 3.02. The standard InChI is InChI=1S/C74H87BN2S/c1-44-27-28-45(2)51-40-65-54(38-50(44)51)67-68(78-65)75-59-41-56-58(74(15,16)34-32-72(56,11)12)43-62(59)76(60-30-29-48(69(3,4)5)35-52(60)46-23-19-17-20-24-46)63-36-49(70(6,7)8)37-64(66(63)75)77(67)61-42-57-55(71(9,10)31-33-73(57,13)14)39-53(61)47-25-21-18-22-26-47/h17-26,29-30,35-36,38-45,55,57,64H,27-28,31-34,37H2,1-16H3/t44?,45-,55?,57?,64?/m1/s1. The van der Waals surface area contributed by atoms with Gasteiger partial charge in [-0.25, -0.2) is 0 Å². The Morgan fingerprint density at radius 2 is 1.19 bits per heavy atom. The van der Waals surface area contributed by atoms with Crippen LogP contribution in [0.3, 0.4) is 0 Å². The number of nitrogens with zero attached hydrogens (tertiary/aromatic N) is 2. The van der Waals surface area contributed by atoms with E-state index in [1.54, 1.807) is 22.2 Å². The van der Waals surface area contributed by atoms with Crippen molar-refractivity contribution in [1.82, 2.24) is 0 Å². The van der Waals surface area contributed by atoms with Crippen molar-refractivity contribution in [3.63, 3.8) is 0 Å². The number of fused-ring (bicyclic) bond motifs is 9. The summed E-state index contributed by atoms with van der Waals surface area (Å²) >= 11 is 2.13. The summed E-state index contributed by atoms with van der Waals surface area (Å²) in [7, 11) is 0. The van der Waals surface area contributed by atoms with Crippen LogP contribution in [0.2, 0.25) is 0 Å². The summed E-state index contributed by atoms with van der Waals surface area (Å²) in [4.78, 5) is 5.83. The number of thiophene rings is 1. The second-order valence-corrected chi connectivity index (χ2v) is 31.5. The lowest BCUT2D eigenvalue weighted by molar-refractivity contribution is 0.0331. The fourth-order valence-electron chi connectivity index (χ4n) is 16.0. The molecule has 5 aliphatic carbocycles. The zero-order chi connectivity index (χ0) is 55.0. The molecule has 2 aliphatic heterocycles. The molecule has 6 aromatic rings. The lowest BCUT2D eigenvalue weighted by Gasteiger charge is -2.55. The summed E-state index contributed by atoms with van der Waals surface area (Å²) in [6, 6.07) is 41.4. The lowest BCUT2D eigenvalue weighted by atomic mass is 9.33. The second kappa shape index (κ2) is 17.6. The number of benzene rings is 5. The summed E-state index contributed by atoms with van der Waals surface area (Å²) < 4.78 is 2.99. The van der Waals surface area contributed by atoms with Gasteiger partial charge in [-0.2, -0.15) is 0 Å². The molecule has 402 valence electrons. The van der Waals surface area contributed by atoms with Gasteiger partial charge in [-0.05, 0) is 187 Å². The Bertz CT molecular complexity index is 3580. The van der Waals surface area contributed by atoms with E-state index >= 15 is 0 Å². The molecule has 0 bridgehead atoms. The first-order valence-electron chi connectivity index (χ1n) is 30.3. The minimum Gasteiger partial charge on any atom is -0.334 e. The van der Waals surface area contributed by atoms with Gasteiger partial charge < -0.3 is 9.80 Å². The Balaban J connectivity index is 1.19. The number of allylic oxidation sites excluding steroid dienone is 4. The molecule has 0 radical (unpaired) electrons. The first-order valence-corrected chi connectivity index (χ1v) is 31.1. The Kier molecular flexibility index (Phi) is 11.7. The predicted octanol–water partition coefficient (Wildman–Crippen LogP) is 19.4. The quantitative estimate of drug-likeness (QED) is 0.162. The third kappa shape index (κ3) is 8.04. The zero-order valence-electron chi connectivity index (χ0n) is 50.3. The minimum atomic E-state index is -0.0764. The third-order valence-electron chi connectivity index (χ3n) is 21.3. The molecule has 1 saturated carbocycles.